The predicted octanol–water partition coefficient (Wildman–Crippen LogP) is 9.72. The van der Waals surface area contributed by atoms with Crippen LogP contribution in [0.15, 0.2) is 152 Å². The van der Waals surface area contributed by atoms with Crippen LogP contribution < -0.4 is 10.6 Å². The Morgan fingerprint density at radius 3 is 2.17 bits per heavy atom. The molecule has 8 aromatic rings. The number of benzene rings is 6. The number of para-hydroxylation sites is 1. The fraction of sp³-hybridized carbons (Fsp3) is 0.0476. The summed E-state index contributed by atoms with van der Waals surface area (Å²) in [6, 6.07) is 43.8. The quantitative estimate of drug-likeness (QED) is 0.205. The van der Waals surface area contributed by atoms with Crippen LogP contribution in [0, 0.1) is 0 Å². The van der Waals surface area contributed by atoms with E-state index >= 15 is 0 Å². The zero-order valence-corrected chi connectivity index (χ0v) is 25.8. The maximum atomic E-state index is 6.35. The lowest BCUT2D eigenvalue weighted by molar-refractivity contribution is 0.667. The summed E-state index contributed by atoms with van der Waals surface area (Å²) in [5.41, 5.74) is 11.2. The maximum Gasteiger partial charge on any atom is 0.159 e. The van der Waals surface area contributed by atoms with Gasteiger partial charge in [-0.1, -0.05) is 97.1 Å². The van der Waals surface area contributed by atoms with Crippen molar-refractivity contribution < 1.29 is 8.83 Å². The van der Waals surface area contributed by atoms with E-state index in [0.717, 1.165) is 84.1 Å². The number of aliphatic imine (C=N–C) groups is 2. The van der Waals surface area contributed by atoms with Gasteiger partial charge in [-0.3, -0.25) is 0 Å². The molecular formula is C42H28N4O2. The van der Waals surface area contributed by atoms with Crippen LogP contribution in [0.5, 0.6) is 0 Å². The number of fused-ring (bicyclic) bond motifs is 7. The van der Waals surface area contributed by atoms with Crippen molar-refractivity contribution >= 4 is 61.6 Å². The van der Waals surface area contributed by atoms with Crippen molar-refractivity contribution in [3.05, 3.63) is 161 Å². The van der Waals surface area contributed by atoms with Gasteiger partial charge in [0.15, 0.2) is 5.84 Å². The monoisotopic (exact) mass is 620 g/mol. The average molecular weight is 621 g/mol. The summed E-state index contributed by atoms with van der Waals surface area (Å²) in [5.74, 6) is 1.44. The lowest BCUT2D eigenvalue weighted by atomic mass is 9.96. The largest absolute Gasteiger partial charge is 0.456 e. The molecule has 0 fully saturated rings. The molecule has 6 aromatic carbocycles. The first kappa shape index (κ1) is 26.8. The molecule has 6 heteroatoms. The van der Waals surface area contributed by atoms with Crippen LogP contribution >= 0.6 is 0 Å². The Kier molecular flexibility index (Phi) is 5.90. The van der Waals surface area contributed by atoms with Crippen molar-refractivity contribution in [2.24, 2.45) is 9.98 Å². The predicted molar refractivity (Wildman–Crippen MR) is 194 cm³/mol. The van der Waals surface area contributed by atoms with Crippen molar-refractivity contribution in [1.29, 1.82) is 0 Å². The van der Waals surface area contributed by atoms with Crippen LogP contribution in [0.3, 0.4) is 0 Å². The number of rotatable bonds is 4. The minimum absolute atomic E-state index is 0.303. The SMILES string of the molecule is C1=Cc2cc3oc4cccc(-c5ccc(C6=NC(c7ccccc7)NC(c7cccc8oc9ccccc9c78)=N6)cc5)c4c3cc2CN1. The Bertz CT molecular complexity index is 2640. The number of hydrogen-bond donors (Lipinski definition) is 2. The van der Waals surface area contributed by atoms with Crippen LogP contribution in [-0.2, 0) is 6.54 Å². The van der Waals surface area contributed by atoms with Gasteiger partial charge in [-0.05, 0) is 70.4 Å². The number of furan rings is 2. The molecule has 6 nitrogen and oxygen atoms in total. The van der Waals surface area contributed by atoms with Crippen molar-refractivity contribution in [2.75, 3.05) is 0 Å². The summed E-state index contributed by atoms with van der Waals surface area (Å²) in [4.78, 5) is 10.3. The lowest BCUT2D eigenvalue weighted by Gasteiger charge is -2.24. The van der Waals surface area contributed by atoms with Gasteiger partial charge in [0.05, 0.1) is 0 Å². The molecule has 10 rings (SSSR count). The molecule has 48 heavy (non-hydrogen) atoms. The topological polar surface area (TPSA) is 75.1 Å². The maximum absolute atomic E-state index is 6.35. The molecule has 2 aliphatic heterocycles. The summed E-state index contributed by atoms with van der Waals surface area (Å²) in [7, 11) is 0. The molecule has 2 aliphatic rings. The molecule has 0 radical (unpaired) electrons. The Labute approximate surface area is 275 Å². The van der Waals surface area contributed by atoms with E-state index in [9.17, 15) is 0 Å². The zero-order chi connectivity index (χ0) is 31.6. The molecule has 0 amide bonds. The number of nitrogens with zero attached hydrogens (tertiary/aromatic N) is 2. The van der Waals surface area contributed by atoms with Gasteiger partial charge in [0.2, 0.25) is 0 Å². The summed E-state index contributed by atoms with van der Waals surface area (Å²) in [5, 5.41) is 11.3. The van der Waals surface area contributed by atoms with E-state index in [1.54, 1.807) is 0 Å². The molecule has 1 unspecified atom stereocenters. The van der Waals surface area contributed by atoms with Crippen LogP contribution in [0.4, 0.5) is 0 Å². The third kappa shape index (κ3) is 4.27. The van der Waals surface area contributed by atoms with Gasteiger partial charge in [0.25, 0.3) is 0 Å². The van der Waals surface area contributed by atoms with E-state index in [-0.39, 0.29) is 6.17 Å². The minimum atomic E-state index is -0.303. The molecule has 4 heterocycles. The molecule has 1 atom stereocenters. The fourth-order valence-corrected chi connectivity index (χ4v) is 7.09. The van der Waals surface area contributed by atoms with Crippen molar-refractivity contribution in [1.82, 2.24) is 10.6 Å². The van der Waals surface area contributed by atoms with Crippen LogP contribution in [0.1, 0.15) is 34.0 Å². The molecule has 0 bridgehead atoms. The molecule has 2 N–H and O–H groups in total. The second-order valence-electron chi connectivity index (χ2n) is 12.3. The molecule has 0 saturated carbocycles. The fourth-order valence-electron chi connectivity index (χ4n) is 7.09. The Morgan fingerprint density at radius 2 is 1.31 bits per heavy atom. The van der Waals surface area contributed by atoms with Crippen LogP contribution in [0.25, 0.3) is 61.1 Å². The number of amidine groups is 2. The molecule has 2 aromatic heterocycles. The van der Waals surface area contributed by atoms with Gasteiger partial charge in [0, 0.05) is 39.2 Å². The van der Waals surface area contributed by atoms with E-state index in [1.807, 2.05) is 60.8 Å². The average Bonchev–Trinajstić information content (AvgIpc) is 3.72. The van der Waals surface area contributed by atoms with Crippen LogP contribution in [-0.4, -0.2) is 11.7 Å². The molecule has 0 aliphatic carbocycles. The van der Waals surface area contributed by atoms with Gasteiger partial charge < -0.3 is 19.5 Å². The summed E-state index contributed by atoms with van der Waals surface area (Å²) >= 11 is 0. The second kappa shape index (κ2) is 10.6. The minimum Gasteiger partial charge on any atom is -0.456 e. The van der Waals surface area contributed by atoms with E-state index in [4.69, 9.17) is 18.8 Å². The van der Waals surface area contributed by atoms with Gasteiger partial charge in [-0.15, -0.1) is 0 Å². The lowest BCUT2D eigenvalue weighted by Crippen LogP contribution is -2.33. The highest BCUT2D eigenvalue weighted by atomic mass is 16.3. The Morgan fingerprint density at radius 1 is 0.604 bits per heavy atom. The second-order valence-corrected chi connectivity index (χ2v) is 12.3. The first-order chi connectivity index (χ1) is 23.8. The molecule has 228 valence electrons. The summed E-state index contributed by atoms with van der Waals surface area (Å²) in [6.07, 6.45) is 3.79. The van der Waals surface area contributed by atoms with E-state index in [0.29, 0.717) is 5.84 Å². The van der Waals surface area contributed by atoms with Gasteiger partial charge in [-0.25, -0.2) is 9.98 Å². The standard InChI is InChI=1S/C42H28N4O2/c1-2-8-26(9-3-1)40-44-41(46-42(45-40)32-12-7-15-36-39(32)31-10-4-5-13-34(31)47-36)27-18-16-25(17-19-27)30-11-6-14-35-38(30)33-22-29-24-43-21-20-28(29)23-37(33)48-35/h1-23,40,43H,24H2,(H,44,45,46). The van der Waals surface area contributed by atoms with E-state index < -0.39 is 0 Å². The van der Waals surface area contributed by atoms with Crippen molar-refractivity contribution in [3.63, 3.8) is 0 Å². The molecule has 0 spiro atoms. The van der Waals surface area contributed by atoms with E-state index in [1.165, 1.54) is 11.1 Å². The number of nitrogens with one attached hydrogen (secondary N) is 2. The highest BCUT2D eigenvalue weighted by molar-refractivity contribution is 6.22. The number of hydrogen-bond acceptors (Lipinski definition) is 6. The molecular weight excluding hydrogens is 592 g/mol. The van der Waals surface area contributed by atoms with Crippen molar-refractivity contribution in [2.45, 2.75) is 12.7 Å². The zero-order valence-electron chi connectivity index (χ0n) is 25.8. The van der Waals surface area contributed by atoms with Gasteiger partial charge >= 0.3 is 0 Å². The van der Waals surface area contributed by atoms with Crippen molar-refractivity contribution in [3.8, 4) is 11.1 Å². The normalized spacial score (nSPS) is 15.7. The smallest absolute Gasteiger partial charge is 0.159 e. The first-order valence-corrected chi connectivity index (χ1v) is 16.1. The summed E-state index contributed by atoms with van der Waals surface area (Å²) < 4.78 is 12.6. The van der Waals surface area contributed by atoms with E-state index in [2.05, 4.69) is 89.5 Å². The Balaban J connectivity index is 1.09. The highest BCUT2D eigenvalue weighted by Gasteiger charge is 2.24. The third-order valence-corrected chi connectivity index (χ3v) is 9.40. The molecule has 0 saturated heterocycles. The van der Waals surface area contributed by atoms with Crippen LogP contribution in [0.2, 0.25) is 0 Å². The third-order valence-electron chi connectivity index (χ3n) is 9.40. The van der Waals surface area contributed by atoms with Gasteiger partial charge in [0.1, 0.15) is 34.3 Å². The highest BCUT2D eigenvalue weighted by Crippen LogP contribution is 2.39. The Hall–Kier alpha value is -6.40. The summed E-state index contributed by atoms with van der Waals surface area (Å²) in [6.45, 7) is 0.806. The first-order valence-electron chi connectivity index (χ1n) is 16.1. The van der Waals surface area contributed by atoms with Gasteiger partial charge in [-0.2, -0.15) is 0 Å².